The Morgan fingerprint density at radius 3 is 1.98 bits per heavy atom. The van der Waals surface area contributed by atoms with Gasteiger partial charge < -0.3 is 10.2 Å². The number of carbonyl (C=O) groups excluding carboxylic acids is 2. The fourth-order valence-corrected chi connectivity index (χ4v) is 6.58. The fourth-order valence-electron chi connectivity index (χ4n) is 5.11. The van der Waals surface area contributed by atoms with Crippen LogP contribution in [0.3, 0.4) is 0 Å². The molecule has 0 radical (unpaired) electrons. The van der Waals surface area contributed by atoms with Crippen molar-refractivity contribution in [2.24, 2.45) is 0 Å². The zero-order chi connectivity index (χ0) is 31.7. The van der Waals surface area contributed by atoms with E-state index in [-0.39, 0.29) is 29.8 Å². The van der Waals surface area contributed by atoms with E-state index in [4.69, 9.17) is 0 Å². The standard InChI is InChI=1S/C36H41N3O4S/c1-5-31-16-12-13-19-33(31)39(44(42,43)32-17-10-7-11-18-32)26-35(40)38(25-30-22-20-28(4)21-23-30)34(36(41)37-27(2)3)24-29-14-8-6-9-15-29/h6-23,27,34H,5,24-26H2,1-4H3,(H,37,41). The Morgan fingerprint density at radius 1 is 0.773 bits per heavy atom. The minimum Gasteiger partial charge on any atom is -0.352 e. The van der Waals surface area contributed by atoms with E-state index in [1.54, 1.807) is 30.3 Å². The first kappa shape index (κ1) is 32.5. The molecule has 7 nitrogen and oxygen atoms in total. The number of nitrogens with zero attached hydrogens (tertiary/aromatic N) is 2. The van der Waals surface area contributed by atoms with Crippen molar-refractivity contribution in [3.8, 4) is 0 Å². The maximum atomic E-state index is 14.5. The summed E-state index contributed by atoms with van der Waals surface area (Å²) >= 11 is 0. The van der Waals surface area contributed by atoms with Gasteiger partial charge in [-0.25, -0.2) is 8.42 Å². The van der Waals surface area contributed by atoms with Crippen LogP contribution in [-0.2, 0) is 39.0 Å². The Labute approximate surface area is 261 Å². The predicted molar refractivity (Wildman–Crippen MR) is 176 cm³/mol. The van der Waals surface area contributed by atoms with Crippen LogP contribution in [0.1, 0.15) is 43.0 Å². The summed E-state index contributed by atoms with van der Waals surface area (Å²) in [4.78, 5) is 29.9. The van der Waals surface area contributed by atoms with E-state index >= 15 is 0 Å². The number of carbonyl (C=O) groups is 2. The molecule has 4 aromatic carbocycles. The zero-order valence-corrected chi connectivity index (χ0v) is 26.6. The number of benzene rings is 4. The van der Waals surface area contributed by atoms with E-state index in [1.165, 1.54) is 21.3 Å². The maximum Gasteiger partial charge on any atom is 0.264 e. The molecule has 8 heteroatoms. The van der Waals surface area contributed by atoms with Crippen LogP contribution in [0.5, 0.6) is 0 Å². The van der Waals surface area contributed by atoms with Crippen molar-refractivity contribution in [2.75, 3.05) is 10.8 Å². The minimum atomic E-state index is -4.13. The first-order chi connectivity index (χ1) is 21.1. The quantitative estimate of drug-likeness (QED) is 0.204. The van der Waals surface area contributed by atoms with Crippen LogP contribution < -0.4 is 9.62 Å². The van der Waals surface area contributed by atoms with Gasteiger partial charge in [0.25, 0.3) is 10.0 Å². The van der Waals surface area contributed by atoms with Crippen molar-refractivity contribution in [1.82, 2.24) is 10.2 Å². The monoisotopic (exact) mass is 611 g/mol. The molecule has 0 bridgehead atoms. The highest BCUT2D eigenvalue weighted by molar-refractivity contribution is 7.92. The molecule has 0 aliphatic heterocycles. The Bertz CT molecular complexity index is 1640. The molecule has 230 valence electrons. The summed E-state index contributed by atoms with van der Waals surface area (Å²) in [5.74, 6) is -0.772. The summed E-state index contributed by atoms with van der Waals surface area (Å²) in [6, 6.07) is 31.6. The van der Waals surface area contributed by atoms with Crippen LogP contribution in [0, 0.1) is 6.92 Å². The van der Waals surface area contributed by atoms with Gasteiger partial charge in [0.15, 0.2) is 0 Å². The largest absolute Gasteiger partial charge is 0.352 e. The third kappa shape index (κ3) is 8.14. The van der Waals surface area contributed by atoms with Gasteiger partial charge in [0.05, 0.1) is 10.6 Å². The molecule has 0 aliphatic carbocycles. The average Bonchev–Trinajstić information content (AvgIpc) is 3.02. The van der Waals surface area contributed by atoms with Crippen LogP contribution in [0.4, 0.5) is 5.69 Å². The highest BCUT2D eigenvalue weighted by Crippen LogP contribution is 2.28. The number of aryl methyl sites for hydroxylation is 2. The SMILES string of the molecule is CCc1ccccc1N(CC(=O)N(Cc1ccc(C)cc1)C(Cc1ccccc1)C(=O)NC(C)C)S(=O)(=O)c1ccccc1. The lowest BCUT2D eigenvalue weighted by Crippen LogP contribution is -2.54. The van der Waals surface area contributed by atoms with Crippen LogP contribution in [-0.4, -0.2) is 43.8 Å². The number of rotatable bonds is 13. The predicted octanol–water partition coefficient (Wildman–Crippen LogP) is 5.92. The van der Waals surface area contributed by atoms with Gasteiger partial charge in [-0.15, -0.1) is 0 Å². The van der Waals surface area contributed by atoms with Gasteiger partial charge in [0.2, 0.25) is 11.8 Å². The smallest absolute Gasteiger partial charge is 0.264 e. The molecule has 0 saturated carbocycles. The molecule has 4 aromatic rings. The summed E-state index contributed by atoms with van der Waals surface area (Å²) < 4.78 is 29.5. The maximum absolute atomic E-state index is 14.5. The van der Waals surface area contributed by atoms with Gasteiger partial charge in [0, 0.05) is 19.0 Å². The van der Waals surface area contributed by atoms with Gasteiger partial charge >= 0.3 is 0 Å². The second kappa shape index (κ2) is 14.8. The molecular weight excluding hydrogens is 570 g/mol. The Balaban J connectivity index is 1.82. The van der Waals surface area contributed by atoms with E-state index in [1.807, 2.05) is 94.4 Å². The summed E-state index contributed by atoms with van der Waals surface area (Å²) in [6.07, 6.45) is 0.847. The third-order valence-corrected chi connectivity index (χ3v) is 9.20. The van der Waals surface area contributed by atoms with Gasteiger partial charge in [-0.2, -0.15) is 0 Å². The number of amides is 2. The number of anilines is 1. The van der Waals surface area contributed by atoms with Gasteiger partial charge in [0.1, 0.15) is 12.6 Å². The van der Waals surface area contributed by atoms with E-state index < -0.39 is 28.5 Å². The molecule has 0 saturated heterocycles. The molecule has 0 fully saturated rings. The molecule has 0 aromatic heterocycles. The topological polar surface area (TPSA) is 86.8 Å². The summed E-state index contributed by atoms with van der Waals surface area (Å²) in [6.45, 7) is 7.35. The number of hydrogen-bond donors (Lipinski definition) is 1. The normalized spacial score (nSPS) is 12.0. The van der Waals surface area contributed by atoms with E-state index in [9.17, 15) is 18.0 Å². The average molecular weight is 612 g/mol. The lowest BCUT2D eigenvalue weighted by atomic mass is 10.0. The molecule has 1 atom stereocenters. The second-order valence-corrected chi connectivity index (χ2v) is 13.0. The number of hydrogen-bond acceptors (Lipinski definition) is 4. The van der Waals surface area contributed by atoms with Crippen molar-refractivity contribution in [1.29, 1.82) is 0 Å². The number of sulfonamides is 1. The molecule has 2 amide bonds. The molecule has 44 heavy (non-hydrogen) atoms. The lowest BCUT2D eigenvalue weighted by Gasteiger charge is -2.34. The van der Waals surface area contributed by atoms with Crippen LogP contribution >= 0.6 is 0 Å². The fraction of sp³-hybridized carbons (Fsp3) is 0.278. The lowest BCUT2D eigenvalue weighted by molar-refractivity contribution is -0.140. The Kier molecular flexibility index (Phi) is 11.0. The van der Waals surface area contributed by atoms with Crippen LogP contribution in [0.2, 0.25) is 0 Å². The van der Waals surface area contributed by atoms with Crippen molar-refractivity contribution in [2.45, 2.75) is 64.1 Å². The van der Waals surface area contributed by atoms with Gasteiger partial charge in [-0.05, 0) is 62.1 Å². The van der Waals surface area contributed by atoms with Crippen LogP contribution in [0.15, 0.2) is 114 Å². The highest BCUT2D eigenvalue weighted by Gasteiger charge is 2.35. The number of nitrogens with one attached hydrogen (secondary N) is 1. The summed E-state index contributed by atoms with van der Waals surface area (Å²) in [5, 5.41) is 2.99. The van der Waals surface area contributed by atoms with Crippen molar-refractivity contribution in [3.63, 3.8) is 0 Å². The highest BCUT2D eigenvalue weighted by atomic mass is 32.2. The van der Waals surface area contributed by atoms with E-state index in [0.29, 0.717) is 12.1 Å². The summed E-state index contributed by atoms with van der Waals surface area (Å²) in [7, 11) is -4.13. The first-order valence-electron chi connectivity index (χ1n) is 14.9. The summed E-state index contributed by atoms with van der Waals surface area (Å²) in [5.41, 5.74) is 4.03. The molecule has 0 aliphatic rings. The van der Waals surface area contributed by atoms with E-state index in [0.717, 1.165) is 22.3 Å². The molecule has 1 N–H and O–H groups in total. The molecular formula is C36H41N3O4S. The first-order valence-corrected chi connectivity index (χ1v) is 16.4. The van der Waals surface area contributed by atoms with Crippen molar-refractivity contribution < 1.29 is 18.0 Å². The molecule has 1 unspecified atom stereocenters. The minimum absolute atomic E-state index is 0.0853. The molecule has 4 rings (SSSR count). The molecule has 0 spiro atoms. The number of para-hydroxylation sites is 1. The van der Waals surface area contributed by atoms with E-state index in [2.05, 4.69) is 5.32 Å². The Morgan fingerprint density at radius 2 is 1.36 bits per heavy atom. The Hall–Kier alpha value is -4.43. The van der Waals surface area contributed by atoms with Gasteiger partial charge in [-0.1, -0.05) is 103 Å². The van der Waals surface area contributed by atoms with Crippen molar-refractivity contribution >= 4 is 27.5 Å². The molecule has 0 heterocycles. The van der Waals surface area contributed by atoms with Crippen LogP contribution in [0.25, 0.3) is 0 Å². The van der Waals surface area contributed by atoms with Gasteiger partial charge in [-0.3, -0.25) is 13.9 Å². The zero-order valence-electron chi connectivity index (χ0n) is 25.8. The second-order valence-electron chi connectivity index (χ2n) is 11.2. The third-order valence-electron chi connectivity index (χ3n) is 7.43. The van der Waals surface area contributed by atoms with Crippen molar-refractivity contribution in [3.05, 3.63) is 131 Å².